The summed E-state index contributed by atoms with van der Waals surface area (Å²) in [6.07, 6.45) is 8.86. The molecule has 0 saturated heterocycles. The van der Waals surface area contributed by atoms with E-state index in [0.29, 0.717) is 24.2 Å². The number of aldehydes is 1. The van der Waals surface area contributed by atoms with Crippen LogP contribution in [0.15, 0.2) is 0 Å². The first-order valence-electron chi connectivity index (χ1n) is 9.86. The highest BCUT2D eigenvalue weighted by Crippen LogP contribution is 2.63. The van der Waals surface area contributed by atoms with Gasteiger partial charge in [0.25, 0.3) is 0 Å². The fraction of sp³-hybridized carbons (Fsp3) is 0.857. The normalized spacial score (nSPS) is 46.2. The number of fused-ring (bicyclic) bond motifs is 3. The van der Waals surface area contributed by atoms with Crippen LogP contribution in [0.2, 0.25) is 0 Å². The van der Waals surface area contributed by atoms with Gasteiger partial charge in [-0.3, -0.25) is 4.79 Å². The van der Waals surface area contributed by atoms with E-state index in [1.54, 1.807) is 0 Å². The lowest BCUT2D eigenvalue weighted by Gasteiger charge is -2.60. The largest absolute Gasteiger partial charge is 0.463 e. The number of hydrogen-bond donors (Lipinski definition) is 0. The smallest absolute Gasteiger partial charge is 0.302 e. The van der Waals surface area contributed by atoms with Gasteiger partial charge in [-0.25, -0.2) is 0 Å². The number of carbonyl (C=O) groups excluding carboxylic acids is 2. The number of nitrogens with zero attached hydrogens (tertiary/aromatic N) is 1. The SMILES string of the molecule is CC(=O)O[C@H]1CC[C@@]2(C)[C@@H](CC[C@@H]3[C@@H]2CC[C@](C)(C#N)[C@H]3CC=O)C1. The highest BCUT2D eigenvalue weighted by atomic mass is 16.5. The van der Waals surface area contributed by atoms with Gasteiger partial charge in [0.15, 0.2) is 0 Å². The zero-order chi connectivity index (χ0) is 18.2. The van der Waals surface area contributed by atoms with Crippen molar-refractivity contribution in [2.75, 3.05) is 0 Å². The molecule has 3 saturated carbocycles. The van der Waals surface area contributed by atoms with Crippen molar-refractivity contribution in [1.82, 2.24) is 0 Å². The first-order chi connectivity index (χ1) is 11.8. The Balaban J connectivity index is 1.81. The van der Waals surface area contributed by atoms with Gasteiger partial charge in [0, 0.05) is 13.3 Å². The number of ether oxygens (including phenoxy) is 1. The first-order valence-corrected chi connectivity index (χ1v) is 9.86. The van der Waals surface area contributed by atoms with Crippen molar-refractivity contribution in [3.8, 4) is 6.07 Å². The van der Waals surface area contributed by atoms with Crippen LogP contribution in [0, 0.1) is 45.8 Å². The minimum Gasteiger partial charge on any atom is -0.463 e. The van der Waals surface area contributed by atoms with Gasteiger partial charge in [-0.15, -0.1) is 0 Å². The van der Waals surface area contributed by atoms with E-state index in [4.69, 9.17) is 4.74 Å². The Morgan fingerprint density at radius 3 is 2.64 bits per heavy atom. The highest BCUT2D eigenvalue weighted by Gasteiger charge is 2.57. The average Bonchev–Trinajstić information content (AvgIpc) is 2.57. The molecule has 0 unspecified atom stereocenters. The standard InChI is InChI=1S/C21H31NO3/c1-14(24)25-16-6-10-21(3)15(12-16)4-5-17-18(8-11-23)20(2,13-22)9-7-19(17)21/h11,15-19H,4-10,12H2,1-3H3/t15-,16-,17-,18-,19-,20+,21-/m0/s1. The molecule has 3 aliphatic rings. The van der Waals surface area contributed by atoms with E-state index in [9.17, 15) is 14.9 Å². The maximum absolute atomic E-state index is 11.3. The summed E-state index contributed by atoms with van der Waals surface area (Å²) in [5.74, 6) is 1.69. The van der Waals surface area contributed by atoms with Crippen LogP contribution in [-0.4, -0.2) is 18.4 Å². The summed E-state index contributed by atoms with van der Waals surface area (Å²) in [6, 6.07) is 2.55. The number of rotatable bonds is 3. The van der Waals surface area contributed by atoms with Crippen LogP contribution >= 0.6 is 0 Å². The maximum atomic E-state index is 11.3. The van der Waals surface area contributed by atoms with Crippen molar-refractivity contribution in [3.63, 3.8) is 0 Å². The first kappa shape index (κ1) is 18.4. The minimum absolute atomic E-state index is 0.0749. The summed E-state index contributed by atoms with van der Waals surface area (Å²) in [7, 11) is 0. The quantitative estimate of drug-likeness (QED) is 0.565. The third kappa shape index (κ3) is 3.11. The molecule has 0 radical (unpaired) electrons. The molecule has 3 aliphatic carbocycles. The molecule has 0 aromatic heterocycles. The van der Waals surface area contributed by atoms with Gasteiger partial charge in [-0.1, -0.05) is 6.92 Å². The fourth-order valence-corrected chi connectivity index (χ4v) is 6.56. The van der Waals surface area contributed by atoms with Crippen LogP contribution in [0.3, 0.4) is 0 Å². The highest BCUT2D eigenvalue weighted by molar-refractivity contribution is 5.66. The molecule has 138 valence electrons. The molecule has 7 atom stereocenters. The molecule has 4 heteroatoms. The summed E-state index contributed by atoms with van der Waals surface area (Å²) in [6.45, 7) is 5.98. The maximum Gasteiger partial charge on any atom is 0.302 e. The van der Waals surface area contributed by atoms with Gasteiger partial charge in [-0.2, -0.15) is 5.26 Å². The van der Waals surface area contributed by atoms with Crippen molar-refractivity contribution >= 4 is 12.3 Å². The van der Waals surface area contributed by atoms with Gasteiger partial charge >= 0.3 is 5.97 Å². The molecule has 0 N–H and O–H groups in total. The number of hydrogen-bond acceptors (Lipinski definition) is 4. The molecule has 0 aromatic carbocycles. The van der Waals surface area contributed by atoms with E-state index in [1.165, 1.54) is 6.92 Å². The monoisotopic (exact) mass is 345 g/mol. The molecular weight excluding hydrogens is 314 g/mol. The second-order valence-corrected chi connectivity index (χ2v) is 9.13. The molecular formula is C21H31NO3. The molecule has 4 nitrogen and oxygen atoms in total. The molecule has 0 aromatic rings. The summed E-state index contributed by atoms with van der Waals surface area (Å²) in [5.41, 5.74) is -0.0995. The summed E-state index contributed by atoms with van der Waals surface area (Å²) in [4.78, 5) is 22.6. The molecule has 0 aliphatic heterocycles. The van der Waals surface area contributed by atoms with E-state index in [1.807, 2.05) is 0 Å². The lowest BCUT2D eigenvalue weighted by atomic mass is 9.44. The Bertz CT molecular complexity index is 582. The van der Waals surface area contributed by atoms with Crippen LogP contribution in [0.5, 0.6) is 0 Å². The minimum atomic E-state index is -0.361. The number of carbonyl (C=O) groups is 2. The summed E-state index contributed by atoms with van der Waals surface area (Å²) < 4.78 is 5.50. The molecule has 25 heavy (non-hydrogen) atoms. The van der Waals surface area contributed by atoms with Gasteiger partial charge in [-0.05, 0) is 81.0 Å². The Labute approximate surface area is 151 Å². The lowest BCUT2D eigenvalue weighted by molar-refractivity contribution is -0.159. The van der Waals surface area contributed by atoms with Crippen LogP contribution in [0.4, 0.5) is 0 Å². The van der Waals surface area contributed by atoms with Crippen LogP contribution in [0.1, 0.15) is 72.1 Å². The predicted octanol–water partition coefficient (Wildman–Crippen LogP) is 4.28. The van der Waals surface area contributed by atoms with Crippen LogP contribution in [0.25, 0.3) is 0 Å². The average molecular weight is 345 g/mol. The molecule has 0 heterocycles. The Kier molecular flexibility index (Phi) is 4.97. The molecule has 0 bridgehead atoms. The van der Waals surface area contributed by atoms with Crippen molar-refractivity contribution < 1.29 is 14.3 Å². The van der Waals surface area contributed by atoms with Gasteiger partial charge in [0.1, 0.15) is 12.4 Å². The second kappa shape index (κ2) is 6.74. The second-order valence-electron chi connectivity index (χ2n) is 9.13. The Morgan fingerprint density at radius 2 is 2.00 bits per heavy atom. The predicted molar refractivity (Wildman–Crippen MR) is 94.3 cm³/mol. The summed E-state index contributed by atoms with van der Waals surface area (Å²) >= 11 is 0. The molecule has 3 rings (SSSR count). The Morgan fingerprint density at radius 1 is 1.24 bits per heavy atom. The van der Waals surface area contributed by atoms with E-state index >= 15 is 0 Å². The topological polar surface area (TPSA) is 67.2 Å². The number of nitriles is 1. The molecule has 0 spiro atoms. The third-order valence-corrected chi connectivity index (χ3v) is 7.95. The van der Waals surface area contributed by atoms with Gasteiger partial charge in [0.05, 0.1) is 11.5 Å². The fourth-order valence-electron chi connectivity index (χ4n) is 6.56. The van der Waals surface area contributed by atoms with Crippen molar-refractivity contribution in [2.45, 2.75) is 78.2 Å². The third-order valence-electron chi connectivity index (χ3n) is 7.95. The molecule has 3 fully saturated rings. The van der Waals surface area contributed by atoms with Crippen LogP contribution in [-0.2, 0) is 14.3 Å². The van der Waals surface area contributed by atoms with E-state index in [-0.39, 0.29) is 28.8 Å². The van der Waals surface area contributed by atoms with Crippen molar-refractivity contribution in [2.24, 2.45) is 34.5 Å². The van der Waals surface area contributed by atoms with Gasteiger partial charge in [0.2, 0.25) is 0 Å². The lowest BCUT2D eigenvalue weighted by Crippen LogP contribution is -2.54. The zero-order valence-corrected chi connectivity index (χ0v) is 15.8. The zero-order valence-electron chi connectivity index (χ0n) is 15.8. The molecule has 0 amide bonds. The van der Waals surface area contributed by atoms with E-state index in [0.717, 1.165) is 51.2 Å². The van der Waals surface area contributed by atoms with Crippen molar-refractivity contribution in [1.29, 1.82) is 5.26 Å². The van der Waals surface area contributed by atoms with E-state index in [2.05, 4.69) is 19.9 Å². The summed E-state index contributed by atoms with van der Waals surface area (Å²) in [5, 5.41) is 9.74. The van der Waals surface area contributed by atoms with E-state index < -0.39 is 0 Å². The Hall–Kier alpha value is -1.37. The van der Waals surface area contributed by atoms with Crippen LogP contribution < -0.4 is 0 Å². The van der Waals surface area contributed by atoms with Crippen molar-refractivity contribution in [3.05, 3.63) is 0 Å². The number of esters is 1. The van der Waals surface area contributed by atoms with Gasteiger partial charge < -0.3 is 9.53 Å².